The van der Waals surface area contributed by atoms with Crippen molar-refractivity contribution in [1.29, 1.82) is 0 Å². The number of ketones is 1. The zero-order valence-electron chi connectivity index (χ0n) is 21.7. The standard InChI is InChI=1S/C30H26N2O6S/c1-4-36-20-7-5-6-18(14-20)26-24(27(33)19-8-9-21-22(15-19)38-11-10-37-21)28(34)29(35)32(26)30-31-25-17(3)12-16(2)13-23(25)39-30/h5-9,12-15,26,33H,4,10-11H2,1-3H3/b27-24+/t26-/m0/s1. The minimum Gasteiger partial charge on any atom is -0.507 e. The van der Waals surface area contributed by atoms with Crippen molar-refractivity contribution in [3.05, 3.63) is 82.4 Å². The number of hydrogen-bond acceptors (Lipinski definition) is 8. The highest BCUT2D eigenvalue weighted by atomic mass is 32.1. The molecule has 1 atom stereocenters. The highest BCUT2D eigenvalue weighted by Crippen LogP contribution is 2.46. The number of aromatic nitrogens is 1. The van der Waals surface area contributed by atoms with Gasteiger partial charge in [-0.05, 0) is 73.9 Å². The van der Waals surface area contributed by atoms with Gasteiger partial charge in [-0.2, -0.15) is 0 Å². The lowest BCUT2D eigenvalue weighted by Crippen LogP contribution is -2.29. The fraction of sp³-hybridized carbons (Fsp3) is 0.233. The number of amides is 1. The summed E-state index contributed by atoms with van der Waals surface area (Å²) in [6, 6.07) is 15.3. The number of fused-ring (bicyclic) bond motifs is 2. The number of anilines is 1. The summed E-state index contributed by atoms with van der Waals surface area (Å²) in [5, 5.41) is 11.9. The molecule has 0 unspecified atom stereocenters. The van der Waals surface area contributed by atoms with Crippen LogP contribution < -0.4 is 19.1 Å². The Labute approximate surface area is 229 Å². The molecular weight excluding hydrogens is 516 g/mol. The van der Waals surface area contributed by atoms with Crippen molar-refractivity contribution < 1.29 is 28.9 Å². The van der Waals surface area contributed by atoms with E-state index in [1.807, 2.05) is 45.0 Å². The summed E-state index contributed by atoms with van der Waals surface area (Å²) >= 11 is 1.34. The highest BCUT2D eigenvalue weighted by Gasteiger charge is 2.48. The summed E-state index contributed by atoms with van der Waals surface area (Å²) < 4.78 is 17.9. The largest absolute Gasteiger partial charge is 0.507 e. The van der Waals surface area contributed by atoms with Gasteiger partial charge in [-0.25, -0.2) is 4.98 Å². The van der Waals surface area contributed by atoms with Crippen molar-refractivity contribution in [1.82, 2.24) is 4.98 Å². The van der Waals surface area contributed by atoms with Gasteiger partial charge >= 0.3 is 5.91 Å². The molecule has 1 saturated heterocycles. The molecule has 0 saturated carbocycles. The van der Waals surface area contributed by atoms with E-state index in [1.54, 1.807) is 30.3 Å². The van der Waals surface area contributed by atoms with E-state index in [0.29, 0.717) is 53.3 Å². The second kappa shape index (κ2) is 9.74. The number of ether oxygens (including phenoxy) is 3. The minimum absolute atomic E-state index is 0.0301. The first-order chi connectivity index (χ1) is 18.9. The molecule has 4 aromatic rings. The molecule has 3 aromatic carbocycles. The van der Waals surface area contributed by atoms with Gasteiger partial charge in [-0.15, -0.1) is 0 Å². The minimum atomic E-state index is -0.916. The lowest BCUT2D eigenvalue weighted by atomic mass is 9.95. The Hall–Kier alpha value is -4.37. The van der Waals surface area contributed by atoms with Crippen LogP contribution in [-0.2, 0) is 9.59 Å². The molecule has 6 rings (SSSR count). The van der Waals surface area contributed by atoms with E-state index < -0.39 is 17.7 Å². The van der Waals surface area contributed by atoms with Gasteiger partial charge in [0.1, 0.15) is 24.7 Å². The molecule has 1 amide bonds. The van der Waals surface area contributed by atoms with Gasteiger partial charge in [0, 0.05) is 5.56 Å². The van der Waals surface area contributed by atoms with Crippen LogP contribution in [-0.4, -0.2) is 41.6 Å². The van der Waals surface area contributed by atoms with Crippen molar-refractivity contribution in [2.45, 2.75) is 26.8 Å². The number of carbonyl (C=O) groups is 2. The summed E-state index contributed by atoms with van der Waals surface area (Å²) in [6.07, 6.45) is 0. The molecule has 2 aliphatic rings. The fourth-order valence-corrected chi connectivity index (χ4v) is 6.26. The average Bonchev–Trinajstić information content (AvgIpc) is 3.47. The van der Waals surface area contributed by atoms with E-state index >= 15 is 0 Å². The van der Waals surface area contributed by atoms with Crippen LogP contribution in [0.2, 0.25) is 0 Å². The van der Waals surface area contributed by atoms with E-state index in [0.717, 1.165) is 21.3 Å². The predicted molar refractivity (Wildman–Crippen MR) is 149 cm³/mol. The Bertz CT molecular complexity index is 1670. The Kier molecular flexibility index (Phi) is 6.23. The Balaban J connectivity index is 1.55. The molecule has 2 aliphatic heterocycles. The molecule has 3 heterocycles. The number of aliphatic hydroxyl groups excluding tert-OH is 1. The Morgan fingerprint density at radius 3 is 2.67 bits per heavy atom. The van der Waals surface area contributed by atoms with Crippen LogP contribution in [0.4, 0.5) is 5.13 Å². The first-order valence-electron chi connectivity index (χ1n) is 12.7. The summed E-state index contributed by atoms with van der Waals surface area (Å²) in [7, 11) is 0. The van der Waals surface area contributed by atoms with E-state index in [2.05, 4.69) is 0 Å². The average molecular weight is 543 g/mol. The van der Waals surface area contributed by atoms with E-state index in [4.69, 9.17) is 19.2 Å². The summed E-state index contributed by atoms with van der Waals surface area (Å²) in [5.74, 6) is -0.232. The van der Waals surface area contributed by atoms with Crippen LogP contribution in [0.1, 0.15) is 35.2 Å². The predicted octanol–water partition coefficient (Wildman–Crippen LogP) is 5.71. The van der Waals surface area contributed by atoms with Crippen LogP contribution >= 0.6 is 11.3 Å². The van der Waals surface area contributed by atoms with E-state index in [1.165, 1.54) is 16.2 Å². The summed E-state index contributed by atoms with van der Waals surface area (Å²) in [6.45, 7) is 7.12. The van der Waals surface area contributed by atoms with Crippen LogP contribution in [0.3, 0.4) is 0 Å². The molecule has 0 radical (unpaired) electrons. The maximum atomic E-state index is 13.6. The summed E-state index contributed by atoms with van der Waals surface area (Å²) in [5.41, 5.74) is 3.77. The molecule has 0 spiro atoms. The molecule has 1 fully saturated rings. The van der Waals surface area contributed by atoms with E-state index in [9.17, 15) is 14.7 Å². The Morgan fingerprint density at radius 1 is 1.08 bits per heavy atom. The number of nitrogens with zero attached hydrogens (tertiary/aromatic N) is 2. The normalized spacial score (nSPS) is 18.1. The third kappa shape index (κ3) is 4.28. The van der Waals surface area contributed by atoms with Gasteiger partial charge in [0.25, 0.3) is 5.78 Å². The number of thiazole rings is 1. The van der Waals surface area contributed by atoms with Crippen molar-refractivity contribution in [2.75, 3.05) is 24.7 Å². The number of Topliss-reactive ketones (excluding diaryl/α,β-unsaturated/α-hetero) is 1. The van der Waals surface area contributed by atoms with Gasteiger partial charge in [-0.3, -0.25) is 14.5 Å². The van der Waals surface area contributed by atoms with Crippen LogP contribution in [0.5, 0.6) is 17.2 Å². The first-order valence-corrected chi connectivity index (χ1v) is 13.5. The molecule has 0 aliphatic carbocycles. The number of carbonyl (C=O) groups excluding carboxylic acids is 2. The SMILES string of the molecule is CCOc1cccc([C@H]2/C(=C(\O)c3ccc4c(c3)OCCO4)C(=O)C(=O)N2c2nc3c(C)cc(C)cc3s2)c1. The Morgan fingerprint density at radius 2 is 1.87 bits per heavy atom. The van der Waals surface area contributed by atoms with Gasteiger partial charge < -0.3 is 19.3 Å². The third-order valence-electron chi connectivity index (χ3n) is 6.77. The maximum Gasteiger partial charge on any atom is 0.301 e. The zero-order chi connectivity index (χ0) is 27.3. The van der Waals surface area contributed by atoms with Gasteiger partial charge in [-0.1, -0.05) is 29.5 Å². The first kappa shape index (κ1) is 24.9. The van der Waals surface area contributed by atoms with Gasteiger partial charge in [0.05, 0.1) is 28.4 Å². The van der Waals surface area contributed by atoms with Crippen LogP contribution in [0.15, 0.2) is 60.2 Å². The van der Waals surface area contributed by atoms with Crippen LogP contribution in [0.25, 0.3) is 16.0 Å². The number of aliphatic hydroxyl groups is 1. The molecule has 198 valence electrons. The maximum absolute atomic E-state index is 13.6. The van der Waals surface area contributed by atoms with Crippen molar-refractivity contribution in [3.63, 3.8) is 0 Å². The molecule has 39 heavy (non-hydrogen) atoms. The van der Waals surface area contributed by atoms with Gasteiger partial charge in [0.2, 0.25) is 0 Å². The second-order valence-electron chi connectivity index (χ2n) is 9.46. The molecule has 9 heteroatoms. The molecule has 1 N–H and O–H groups in total. The fourth-order valence-electron chi connectivity index (χ4n) is 5.09. The smallest absolute Gasteiger partial charge is 0.301 e. The van der Waals surface area contributed by atoms with Gasteiger partial charge in [0.15, 0.2) is 16.6 Å². The lowest BCUT2D eigenvalue weighted by molar-refractivity contribution is -0.132. The molecule has 0 bridgehead atoms. The molecule has 1 aromatic heterocycles. The number of benzene rings is 3. The zero-order valence-corrected chi connectivity index (χ0v) is 22.5. The quantitative estimate of drug-likeness (QED) is 0.196. The topological polar surface area (TPSA) is 98.2 Å². The van der Waals surface area contributed by atoms with Crippen molar-refractivity contribution >= 4 is 44.1 Å². The highest BCUT2D eigenvalue weighted by molar-refractivity contribution is 7.22. The molecule has 8 nitrogen and oxygen atoms in total. The second-order valence-corrected chi connectivity index (χ2v) is 10.5. The monoisotopic (exact) mass is 542 g/mol. The van der Waals surface area contributed by atoms with Crippen LogP contribution in [0, 0.1) is 13.8 Å². The number of rotatable bonds is 5. The van der Waals surface area contributed by atoms with Crippen molar-refractivity contribution in [3.8, 4) is 17.2 Å². The number of hydrogen-bond donors (Lipinski definition) is 1. The lowest BCUT2D eigenvalue weighted by Gasteiger charge is -2.23. The van der Waals surface area contributed by atoms with Crippen molar-refractivity contribution in [2.24, 2.45) is 0 Å². The molecular formula is C30H26N2O6S. The summed E-state index contributed by atoms with van der Waals surface area (Å²) in [4.78, 5) is 33.4. The third-order valence-corrected chi connectivity index (χ3v) is 7.77. The number of aryl methyl sites for hydroxylation is 2. The van der Waals surface area contributed by atoms with E-state index in [-0.39, 0.29) is 11.3 Å².